The van der Waals surface area contributed by atoms with Crippen molar-refractivity contribution in [3.8, 4) is 0 Å². The number of hydrogen-bond donors (Lipinski definition) is 1. The van der Waals surface area contributed by atoms with Gasteiger partial charge in [0.05, 0.1) is 28.7 Å². The van der Waals surface area contributed by atoms with Crippen LogP contribution in [-0.4, -0.2) is 50.0 Å². The average molecular weight is 458 g/mol. The molecule has 164 valence electrons. The quantitative estimate of drug-likeness (QED) is 0.453. The van der Waals surface area contributed by atoms with Crippen molar-refractivity contribution in [3.05, 3.63) is 64.7 Å². The van der Waals surface area contributed by atoms with Gasteiger partial charge in [0, 0.05) is 13.1 Å². The predicted octanol–water partition coefficient (Wildman–Crippen LogP) is 3.62. The Bertz CT molecular complexity index is 1360. The number of nitrogens with zero attached hydrogens (tertiary/aromatic N) is 6. The Morgan fingerprint density at radius 2 is 1.48 bits per heavy atom. The Hall–Kier alpha value is -3.92. The lowest BCUT2D eigenvalue weighted by atomic mass is 10.1. The standard InChI is InChI=1S/C23H19N7O2S/c31-21-14-7-1-2-8-15(14)22(32)30(21)13-18-27-28-23(33-18)26-19-20(29-11-5-6-12-29)25-17-10-4-3-9-16(17)24-19/h1-4,7-10H,5-6,11-13H2,(H,24,26,28). The predicted molar refractivity (Wildman–Crippen MR) is 125 cm³/mol. The normalized spacial score (nSPS) is 15.5. The molecule has 0 saturated carbocycles. The third-order valence-corrected chi connectivity index (χ3v) is 6.64. The molecule has 0 radical (unpaired) electrons. The van der Waals surface area contributed by atoms with Gasteiger partial charge < -0.3 is 10.2 Å². The first kappa shape index (κ1) is 19.7. The van der Waals surface area contributed by atoms with Gasteiger partial charge in [0.1, 0.15) is 5.01 Å². The van der Waals surface area contributed by atoms with Crippen LogP contribution in [0.4, 0.5) is 16.8 Å². The van der Waals surface area contributed by atoms with Crippen LogP contribution in [0, 0.1) is 0 Å². The molecule has 0 aliphatic carbocycles. The topological polar surface area (TPSA) is 104 Å². The molecule has 6 rings (SSSR count). The summed E-state index contributed by atoms with van der Waals surface area (Å²) in [7, 11) is 0. The zero-order valence-corrected chi connectivity index (χ0v) is 18.4. The summed E-state index contributed by atoms with van der Waals surface area (Å²) in [5.41, 5.74) is 2.48. The highest BCUT2D eigenvalue weighted by Crippen LogP contribution is 2.32. The molecule has 2 aliphatic heterocycles. The highest BCUT2D eigenvalue weighted by Gasteiger charge is 2.35. The number of carbonyl (C=O) groups excluding carboxylic acids is 2. The molecule has 2 aliphatic rings. The van der Waals surface area contributed by atoms with Crippen molar-refractivity contribution in [1.82, 2.24) is 25.1 Å². The van der Waals surface area contributed by atoms with Crippen LogP contribution in [0.2, 0.25) is 0 Å². The summed E-state index contributed by atoms with van der Waals surface area (Å²) in [5, 5.41) is 12.8. The molecule has 1 N–H and O–H groups in total. The van der Waals surface area contributed by atoms with E-state index in [4.69, 9.17) is 9.97 Å². The summed E-state index contributed by atoms with van der Waals surface area (Å²) in [5.74, 6) is 0.802. The Morgan fingerprint density at radius 1 is 0.848 bits per heavy atom. The summed E-state index contributed by atoms with van der Waals surface area (Å²) < 4.78 is 0. The zero-order valence-electron chi connectivity index (χ0n) is 17.6. The first-order chi connectivity index (χ1) is 16.2. The van der Waals surface area contributed by atoms with E-state index in [0.29, 0.717) is 27.1 Å². The van der Waals surface area contributed by atoms with Crippen molar-refractivity contribution >= 4 is 51.0 Å². The second-order valence-electron chi connectivity index (χ2n) is 7.95. The summed E-state index contributed by atoms with van der Waals surface area (Å²) in [6, 6.07) is 14.6. The Kier molecular flexibility index (Phi) is 4.72. The Morgan fingerprint density at radius 3 is 2.18 bits per heavy atom. The van der Waals surface area contributed by atoms with Crippen LogP contribution in [0.25, 0.3) is 11.0 Å². The van der Waals surface area contributed by atoms with E-state index in [1.54, 1.807) is 24.3 Å². The number of para-hydroxylation sites is 2. The van der Waals surface area contributed by atoms with E-state index < -0.39 is 0 Å². The van der Waals surface area contributed by atoms with E-state index >= 15 is 0 Å². The van der Waals surface area contributed by atoms with Crippen LogP contribution in [0.5, 0.6) is 0 Å². The highest BCUT2D eigenvalue weighted by atomic mass is 32.1. The maximum Gasteiger partial charge on any atom is 0.261 e. The first-order valence-electron chi connectivity index (χ1n) is 10.7. The van der Waals surface area contributed by atoms with E-state index in [9.17, 15) is 9.59 Å². The lowest BCUT2D eigenvalue weighted by Gasteiger charge is -2.19. The first-order valence-corrected chi connectivity index (χ1v) is 11.6. The molecule has 2 aromatic heterocycles. The summed E-state index contributed by atoms with van der Waals surface area (Å²) in [4.78, 5) is 38.4. The van der Waals surface area contributed by atoms with E-state index in [2.05, 4.69) is 20.4 Å². The van der Waals surface area contributed by atoms with Crippen LogP contribution in [0.15, 0.2) is 48.5 Å². The molecule has 33 heavy (non-hydrogen) atoms. The molecule has 0 spiro atoms. The number of fused-ring (bicyclic) bond motifs is 2. The fraction of sp³-hybridized carbons (Fsp3) is 0.217. The number of nitrogens with one attached hydrogen (secondary N) is 1. The molecule has 1 saturated heterocycles. The largest absolute Gasteiger partial charge is 0.354 e. The van der Waals surface area contributed by atoms with Gasteiger partial charge in [0.15, 0.2) is 11.6 Å². The highest BCUT2D eigenvalue weighted by molar-refractivity contribution is 7.15. The molecular formula is C23H19N7O2S. The molecule has 0 unspecified atom stereocenters. The van der Waals surface area contributed by atoms with Crippen LogP contribution in [0.1, 0.15) is 38.6 Å². The number of amides is 2. The van der Waals surface area contributed by atoms with Crippen molar-refractivity contribution in [2.45, 2.75) is 19.4 Å². The molecular weight excluding hydrogens is 438 g/mol. The summed E-state index contributed by atoms with van der Waals surface area (Å²) in [6.07, 6.45) is 2.24. The third kappa shape index (κ3) is 3.48. The van der Waals surface area contributed by atoms with Gasteiger partial charge in [0.2, 0.25) is 5.13 Å². The molecule has 4 aromatic rings. The van der Waals surface area contributed by atoms with Gasteiger partial charge in [0.25, 0.3) is 11.8 Å². The van der Waals surface area contributed by atoms with Crippen molar-refractivity contribution in [2.24, 2.45) is 0 Å². The van der Waals surface area contributed by atoms with Crippen molar-refractivity contribution in [2.75, 3.05) is 23.3 Å². The minimum Gasteiger partial charge on any atom is -0.354 e. The Labute approximate surface area is 193 Å². The number of hydrogen-bond acceptors (Lipinski definition) is 9. The lowest BCUT2D eigenvalue weighted by molar-refractivity contribution is 0.0642. The van der Waals surface area contributed by atoms with Gasteiger partial charge in [-0.2, -0.15) is 0 Å². The van der Waals surface area contributed by atoms with Crippen LogP contribution >= 0.6 is 11.3 Å². The van der Waals surface area contributed by atoms with Gasteiger partial charge in [-0.05, 0) is 37.1 Å². The Balaban J connectivity index is 1.27. The number of aromatic nitrogens is 4. The SMILES string of the molecule is O=C1c2ccccc2C(=O)N1Cc1nnc(Nc2nc3ccccc3nc2N2CCCC2)s1. The molecule has 0 atom stereocenters. The monoisotopic (exact) mass is 457 g/mol. The maximum absolute atomic E-state index is 12.6. The van der Waals surface area contributed by atoms with Gasteiger partial charge in [-0.25, -0.2) is 9.97 Å². The summed E-state index contributed by atoms with van der Waals surface area (Å²) in [6.45, 7) is 1.94. The van der Waals surface area contributed by atoms with Gasteiger partial charge in [-0.3, -0.25) is 14.5 Å². The number of imide groups is 1. The molecule has 4 heterocycles. The number of anilines is 3. The van der Waals surface area contributed by atoms with Crippen molar-refractivity contribution in [1.29, 1.82) is 0 Å². The average Bonchev–Trinajstić information content (AvgIpc) is 3.58. The van der Waals surface area contributed by atoms with Gasteiger partial charge in [-0.1, -0.05) is 35.6 Å². The van der Waals surface area contributed by atoms with Crippen molar-refractivity contribution < 1.29 is 9.59 Å². The van der Waals surface area contributed by atoms with Crippen LogP contribution in [-0.2, 0) is 6.54 Å². The fourth-order valence-electron chi connectivity index (χ4n) is 4.21. The lowest BCUT2D eigenvalue weighted by Crippen LogP contribution is -2.29. The van der Waals surface area contributed by atoms with Crippen LogP contribution < -0.4 is 10.2 Å². The number of benzene rings is 2. The van der Waals surface area contributed by atoms with E-state index in [1.165, 1.54) is 16.2 Å². The zero-order chi connectivity index (χ0) is 22.4. The molecule has 2 aromatic carbocycles. The third-order valence-electron chi connectivity index (χ3n) is 5.82. The van der Waals surface area contributed by atoms with Gasteiger partial charge >= 0.3 is 0 Å². The second kappa shape index (κ2) is 7.89. The smallest absolute Gasteiger partial charge is 0.261 e. The minimum atomic E-state index is -0.308. The van der Waals surface area contributed by atoms with Crippen molar-refractivity contribution in [3.63, 3.8) is 0 Å². The molecule has 1 fully saturated rings. The molecule has 2 amide bonds. The number of rotatable bonds is 5. The van der Waals surface area contributed by atoms with E-state index in [1.807, 2.05) is 24.3 Å². The molecule has 9 nitrogen and oxygen atoms in total. The van der Waals surface area contributed by atoms with Gasteiger partial charge in [-0.15, -0.1) is 10.2 Å². The fourth-order valence-corrected chi connectivity index (χ4v) is 4.94. The molecule has 0 bridgehead atoms. The molecule has 10 heteroatoms. The second-order valence-corrected chi connectivity index (χ2v) is 9.01. The van der Waals surface area contributed by atoms with Crippen LogP contribution in [0.3, 0.4) is 0 Å². The summed E-state index contributed by atoms with van der Waals surface area (Å²) >= 11 is 1.29. The maximum atomic E-state index is 12.6. The minimum absolute atomic E-state index is 0.0775. The number of carbonyl (C=O) groups is 2. The van der Waals surface area contributed by atoms with E-state index in [-0.39, 0.29) is 18.4 Å². The van der Waals surface area contributed by atoms with E-state index in [0.717, 1.165) is 42.8 Å².